The van der Waals surface area contributed by atoms with Crippen LogP contribution in [0.5, 0.6) is 0 Å². The second kappa shape index (κ2) is 6.02. The number of carbonyl (C=O) groups is 1. The molecule has 0 saturated heterocycles. The first-order valence-corrected chi connectivity index (χ1v) is 4.95. The maximum Gasteiger partial charge on any atom is 0.122 e. The lowest BCUT2D eigenvalue weighted by Crippen LogP contribution is -1.96. The molecule has 14 heavy (non-hydrogen) atoms. The number of benzene rings is 1. The van der Waals surface area contributed by atoms with E-state index >= 15 is 0 Å². The molecule has 0 amide bonds. The molecule has 0 unspecified atom stereocenters. The standard InChI is InChI=1S/C10H10Cl2O2/c11-9-2-3-10(12)8(6-9)7-14-5-1-4-13/h2-4,6H,1,5,7H2. The Morgan fingerprint density at radius 1 is 1.36 bits per heavy atom. The molecule has 1 rings (SSSR count). The minimum atomic E-state index is 0.382. The molecule has 0 aliphatic heterocycles. The van der Waals surface area contributed by atoms with E-state index in [0.717, 1.165) is 11.8 Å². The molecule has 0 heterocycles. The minimum absolute atomic E-state index is 0.382. The Labute approximate surface area is 92.8 Å². The van der Waals surface area contributed by atoms with E-state index in [4.69, 9.17) is 27.9 Å². The molecule has 0 aliphatic carbocycles. The van der Waals surface area contributed by atoms with Gasteiger partial charge in [-0.2, -0.15) is 0 Å². The molecule has 0 fully saturated rings. The molecule has 2 nitrogen and oxygen atoms in total. The predicted octanol–water partition coefficient (Wildman–Crippen LogP) is 3.10. The molecule has 4 heteroatoms. The van der Waals surface area contributed by atoms with Crippen molar-refractivity contribution >= 4 is 29.5 Å². The van der Waals surface area contributed by atoms with E-state index in [2.05, 4.69) is 0 Å². The first-order chi connectivity index (χ1) is 6.74. The third-order valence-electron chi connectivity index (χ3n) is 1.65. The highest BCUT2D eigenvalue weighted by atomic mass is 35.5. The van der Waals surface area contributed by atoms with Crippen molar-refractivity contribution in [2.45, 2.75) is 13.0 Å². The van der Waals surface area contributed by atoms with E-state index in [1.54, 1.807) is 18.2 Å². The number of ether oxygens (including phenoxy) is 1. The predicted molar refractivity (Wildman–Crippen MR) is 56.8 cm³/mol. The van der Waals surface area contributed by atoms with Crippen LogP contribution >= 0.6 is 23.2 Å². The Morgan fingerprint density at radius 2 is 2.14 bits per heavy atom. The summed E-state index contributed by atoms with van der Waals surface area (Å²) in [6.07, 6.45) is 1.22. The molecule has 0 bridgehead atoms. The zero-order chi connectivity index (χ0) is 10.4. The molecule has 1 aromatic rings. The average molecular weight is 233 g/mol. The van der Waals surface area contributed by atoms with Crippen molar-refractivity contribution in [1.29, 1.82) is 0 Å². The summed E-state index contributed by atoms with van der Waals surface area (Å²) in [6, 6.07) is 5.20. The summed E-state index contributed by atoms with van der Waals surface area (Å²) >= 11 is 11.7. The van der Waals surface area contributed by atoms with Crippen LogP contribution in [0.2, 0.25) is 10.0 Å². The quantitative estimate of drug-likeness (QED) is 0.577. The van der Waals surface area contributed by atoms with Crippen molar-refractivity contribution in [3.05, 3.63) is 33.8 Å². The SMILES string of the molecule is O=CCCOCc1cc(Cl)ccc1Cl. The van der Waals surface area contributed by atoms with Crippen molar-refractivity contribution in [2.24, 2.45) is 0 Å². The third kappa shape index (κ3) is 3.66. The average Bonchev–Trinajstić information content (AvgIpc) is 2.18. The summed E-state index contributed by atoms with van der Waals surface area (Å²) in [4.78, 5) is 10.0. The van der Waals surface area contributed by atoms with Crippen LogP contribution in [0.1, 0.15) is 12.0 Å². The minimum Gasteiger partial charge on any atom is -0.376 e. The molecule has 0 atom stereocenters. The zero-order valence-corrected chi connectivity index (χ0v) is 9.02. The van der Waals surface area contributed by atoms with Crippen LogP contribution in [0, 0.1) is 0 Å². The van der Waals surface area contributed by atoms with Gasteiger partial charge in [0.1, 0.15) is 6.29 Å². The Bertz CT molecular complexity index is 313. The molecular weight excluding hydrogens is 223 g/mol. The molecule has 0 saturated carbocycles. The summed E-state index contributed by atoms with van der Waals surface area (Å²) in [7, 11) is 0. The monoisotopic (exact) mass is 232 g/mol. The number of aldehydes is 1. The van der Waals surface area contributed by atoms with Crippen molar-refractivity contribution < 1.29 is 9.53 Å². The topological polar surface area (TPSA) is 26.3 Å². The van der Waals surface area contributed by atoms with Gasteiger partial charge in [0.15, 0.2) is 0 Å². The summed E-state index contributed by atoms with van der Waals surface area (Å²) < 4.78 is 5.22. The Hall–Kier alpha value is -0.570. The van der Waals surface area contributed by atoms with E-state index in [1.807, 2.05) is 0 Å². The lowest BCUT2D eigenvalue weighted by atomic mass is 10.2. The summed E-state index contributed by atoms with van der Waals surface area (Å²) in [5.41, 5.74) is 0.838. The summed E-state index contributed by atoms with van der Waals surface area (Å²) in [6.45, 7) is 0.791. The molecule has 0 radical (unpaired) electrons. The van der Waals surface area contributed by atoms with Crippen LogP contribution in [-0.4, -0.2) is 12.9 Å². The number of hydrogen-bond donors (Lipinski definition) is 0. The number of carbonyl (C=O) groups excluding carboxylic acids is 1. The molecule has 0 aliphatic rings. The van der Waals surface area contributed by atoms with Crippen LogP contribution in [0.3, 0.4) is 0 Å². The molecule has 0 N–H and O–H groups in total. The first kappa shape index (κ1) is 11.5. The van der Waals surface area contributed by atoms with Gasteiger partial charge in [-0.1, -0.05) is 23.2 Å². The molecule has 76 valence electrons. The van der Waals surface area contributed by atoms with Gasteiger partial charge in [0.2, 0.25) is 0 Å². The van der Waals surface area contributed by atoms with Gasteiger partial charge in [-0.05, 0) is 23.8 Å². The van der Waals surface area contributed by atoms with Crippen molar-refractivity contribution in [2.75, 3.05) is 6.61 Å². The Morgan fingerprint density at radius 3 is 2.86 bits per heavy atom. The van der Waals surface area contributed by atoms with Gasteiger partial charge in [0.05, 0.1) is 13.2 Å². The van der Waals surface area contributed by atoms with E-state index in [0.29, 0.717) is 29.7 Å². The molecule has 0 spiro atoms. The van der Waals surface area contributed by atoms with Crippen LogP contribution in [0.15, 0.2) is 18.2 Å². The smallest absolute Gasteiger partial charge is 0.122 e. The van der Waals surface area contributed by atoms with Crippen molar-refractivity contribution in [3.63, 3.8) is 0 Å². The Balaban J connectivity index is 2.49. The maximum absolute atomic E-state index is 10.0. The fraction of sp³-hybridized carbons (Fsp3) is 0.300. The number of rotatable bonds is 5. The fourth-order valence-electron chi connectivity index (χ4n) is 0.967. The van der Waals surface area contributed by atoms with Crippen molar-refractivity contribution in [1.82, 2.24) is 0 Å². The normalized spacial score (nSPS) is 10.1. The second-order valence-corrected chi connectivity index (χ2v) is 3.59. The Kier molecular flexibility index (Phi) is 4.94. The van der Waals surface area contributed by atoms with Gasteiger partial charge in [-0.3, -0.25) is 0 Å². The van der Waals surface area contributed by atoms with E-state index < -0.39 is 0 Å². The molecular formula is C10H10Cl2O2. The van der Waals surface area contributed by atoms with Crippen molar-refractivity contribution in [3.8, 4) is 0 Å². The van der Waals surface area contributed by atoms with Gasteiger partial charge in [-0.25, -0.2) is 0 Å². The highest BCUT2D eigenvalue weighted by molar-refractivity contribution is 6.33. The van der Waals surface area contributed by atoms with E-state index in [9.17, 15) is 4.79 Å². The van der Waals surface area contributed by atoms with Gasteiger partial charge in [0, 0.05) is 16.5 Å². The highest BCUT2D eigenvalue weighted by Crippen LogP contribution is 2.21. The first-order valence-electron chi connectivity index (χ1n) is 4.19. The fourth-order valence-corrected chi connectivity index (χ4v) is 1.33. The number of hydrogen-bond acceptors (Lipinski definition) is 2. The van der Waals surface area contributed by atoms with E-state index in [1.165, 1.54) is 0 Å². The van der Waals surface area contributed by atoms with Gasteiger partial charge < -0.3 is 9.53 Å². The van der Waals surface area contributed by atoms with Crippen LogP contribution in [0.4, 0.5) is 0 Å². The maximum atomic E-state index is 10.0. The second-order valence-electron chi connectivity index (χ2n) is 2.74. The van der Waals surface area contributed by atoms with Gasteiger partial charge in [-0.15, -0.1) is 0 Å². The largest absolute Gasteiger partial charge is 0.376 e. The molecule has 1 aromatic carbocycles. The summed E-state index contributed by atoms with van der Waals surface area (Å²) in [5.74, 6) is 0. The lowest BCUT2D eigenvalue weighted by Gasteiger charge is -2.04. The van der Waals surface area contributed by atoms with E-state index in [-0.39, 0.29) is 0 Å². The van der Waals surface area contributed by atoms with Crippen LogP contribution in [-0.2, 0) is 16.1 Å². The highest BCUT2D eigenvalue weighted by Gasteiger charge is 2.00. The molecule has 0 aromatic heterocycles. The van der Waals surface area contributed by atoms with Gasteiger partial charge in [0.25, 0.3) is 0 Å². The third-order valence-corrected chi connectivity index (χ3v) is 2.25. The lowest BCUT2D eigenvalue weighted by molar-refractivity contribution is -0.108. The van der Waals surface area contributed by atoms with Crippen LogP contribution in [0.25, 0.3) is 0 Å². The van der Waals surface area contributed by atoms with Crippen LogP contribution < -0.4 is 0 Å². The summed E-state index contributed by atoms with van der Waals surface area (Å²) in [5, 5.41) is 1.25. The zero-order valence-electron chi connectivity index (χ0n) is 7.50. The number of halogens is 2. The van der Waals surface area contributed by atoms with Gasteiger partial charge >= 0.3 is 0 Å².